The number of piperidine rings is 1. The zero-order chi connectivity index (χ0) is 13.7. The van der Waals surface area contributed by atoms with Gasteiger partial charge in [0.05, 0.1) is 0 Å². The zero-order valence-electron chi connectivity index (χ0n) is 11.5. The van der Waals surface area contributed by atoms with Crippen molar-refractivity contribution >= 4 is 11.6 Å². The molecule has 0 aliphatic carbocycles. The highest BCUT2D eigenvalue weighted by atomic mass is 35.5. The fraction of sp³-hybridized carbons (Fsp3) is 0.600. The summed E-state index contributed by atoms with van der Waals surface area (Å²) in [6, 6.07) is 4.79. The van der Waals surface area contributed by atoms with E-state index < -0.39 is 0 Å². The van der Waals surface area contributed by atoms with Gasteiger partial charge in [-0.3, -0.25) is 4.90 Å². The van der Waals surface area contributed by atoms with Crippen molar-refractivity contribution in [2.24, 2.45) is 5.92 Å². The van der Waals surface area contributed by atoms with Gasteiger partial charge >= 0.3 is 0 Å². The lowest BCUT2D eigenvalue weighted by Gasteiger charge is -2.32. The van der Waals surface area contributed by atoms with E-state index in [4.69, 9.17) is 11.6 Å². The molecule has 1 N–H and O–H groups in total. The monoisotopic (exact) mass is 284 g/mol. The SMILES string of the molecule is CCNCC1CCN(Cc2cc(F)cc(Cl)c2)CC1. The van der Waals surface area contributed by atoms with Gasteiger partial charge < -0.3 is 5.32 Å². The second-order valence-electron chi connectivity index (χ2n) is 5.30. The average Bonchev–Trinajstić information content (AvgIpc) is 2.37. The van der Waals surface area contributed by atoms with Crippen molar-refractivity contribution in [1.29, 1.82) is 0 Å². The number of halogens is 2. The predicted molar refractivity (Wildman–Crippen MR) is 78.0 cm³/mol. The summed E-state index contributed by atoms with van der Waals surface area (Å²) in [6.07, 6.45) is 2.44. The van der Waals surface area contributed by atoms with E-state index >= 15 is 0 Å². The van der Waals surface area contributed by atoms with E-state index in [1.807, 2.05) is 6.07 Å². The van der Waals surface area contributed by atoms with E-state index in [2.05, 4.69) is 17.1 Å². The van der Waals surface area contributed by atoms with E-state index in [0.717, 1.165) is 44.2 Å². The number of hydrogen-bond donors (Lipinski definition) is 1. The molecule has 0 saturated carbocycles. The quantitative estimate of drug-likeness (QED) is 0.892. The van der Waals surface area contributed by atoms with E-state index in [1.165, 1.54) is 18.9 Å². The highest BCUT2D eigenvalue weighted by molar-refractivity contribution is 6.30. The van der Waals surface area contributed by atoms with Gasteiger partial charge in [0, 0.05) is 11.6 Å². The summed E-state index contributed by atoms with van der Waals surface area (Å²) in [6.45, 7) is 7.28. The van der Waals surface area contributed by atoms with Gasteiger partial charge in [-0.1, -0.05) is 18.5 Å². The maximum Gasteiger partial charge on any atom is 0.125 e. The molecule has 0 bridgehead atoms. The molecule has 1 aliphatic rings. The third-order valence-electron chi connectivity index (χ3n) is 3.72. The predicted octanol–water partition coefficient (Wildman–Crippen LogP) is 3.30. The van der Waals surface area contributed by atoms with Crippen LogP contribution in [0.15, 0.2) is 18.2 Å². The molecule has 0 spiro atoms. The van der Waals surface area contributed by atoms with Crippen LogP contribution < -0.4 is 5.32 Å². The molecule has 0 aromatic heterocycles. The van der Waals surface area contributed by atoms with Gasteiger partial charge in [-0.05, 0) is 68.7 Å². The number of likely N-dealkylation sites (tertiary alicyclic amines) is 1. The lowest BCUT2D eigenvalue weighted by Crippen LogP contribution is -2.36. The molecule has 4 heteroatoms. The van der Waals surface area contributed by atoms with Crippen LogP contribution in [0.1, 0.15) is 25.3 Å². The van der Waals surface area contributed by atoms with Gasteiger partial charge in [-0.2, -0.15) is 0 Å². The average molecular weight is 285 g/mol. The first-order valence-electron chi connectivity index (χ1n) is 7.05. The molecule has 106 valence electrons. The summed E-state index contributed by atoms with van der Waals surface area (Å²) in [7, 11) is 0. The number of nitrogens with zero attached hydrogens (tertiary/aromatic N) is 1. The van der Waals surface area contributed by atoms with Crippen LogP contribution in [0.4, 0.5) is 4.39 Å². The van der Waals surface area contributed by atoms with Crippen molar-refractivity contribution in [1.82, 2.24) is 10.2 Å². The topological polar surface area (TPSA) is 15.3 Å². The molecule has 0 radical (unpaired) electrons. The van der Waals surface area contributed by atoms with Crippen LogP contribution in [0.2, 0.25) is 5.02 Å². The first-order valence-corrected chi connectivity index (χ1v) is 7.43. The molecule has 2 nitrogen and oxygen atoms in total. The van der Waals surface area contributed by atoms with Crippen molar-refractivity contribution in [2.75, 3.05) is 26.2 Å². The van der Waals surface area contributed by atoms with Crippen molar-refractivity contribution in [3.05, 3.63) is 34.6 Å². The second kappa shape index (κ2) is 7.22. The number of rotatable bonds is 5. The lowest BCUT2D eigenvalue weighted by atomic mass is 9.96. The minimum Gasteiger partial charge on any atom is -0.317 e. The van der Waals surface area contributed by atoms with Crippen LogP contribution in [0.25, 0.3) is 0 Å². The molecular weight excluding hydrogens is 263 g/mol. The number of nitrogens with one attached hydrogen (secondary N) is 1. The maximum atomic E-state index is 13.3. The van der Waals surface area contributed by atoms with Gasteiger partial charge in [-0.25, -0.2) is 4.39 Å². The summed E-state index contributed by atoms with van der Waals surface area (Å²) in [5.74, 6) is 0.539. The van der Waals surface area contributed by atoms with Crippen LogP contribution >= 0.6 is 11.6 Å². The third kappa shape index (κ3) is 4.75. The highest BCUT2D eigenvalue weighted by Crippen LogP contribution is 2.20. The third-order valence-corrected chi connectivity index (χ3v) is 3.94. The van der Waals surface area contributed by atoms with E-state index in [-0.39, 0.29) is 5.82 Å². The Morgan fingerprint density at radius 1 is 1.32 bits per heavy atom. The number of hydrogen-bond acceptors (Lipinski definition) is 2. The van der Waals surface area contributed by atoms with Gasteiger partial charge in [0.1, 0.15) is 5.82 Å². The molecule has 1 aliphatic heterocycles. The Balaban J connectivity index is 1.82. The van der Waals surface area contributed by atoms with Crippen LogP contribution in [-0.2, 0) is 6.54 Å². The fourth-order valence-electron chi connectivity index (χ4n) is 2.66. The summed E-state index contributed by atoms with van der Waals surface area (Å²) in [4.78, 5) is 2.38. The fourth-order valence-corrected chi connectivity index (χ4v) is 2.90. The van der Waals surface area contributed by atoms with Gasteiger partial charge in [0.15, 0.2) is 0 Å². The minimum absolute atomic E-state index is 0.246. The van der Waals surface area contributed by atoms with Crippen molar-refractivity contribution in [3.63, 3.8) is 0 Å². The van der Waals surface area contributed by atoms with Gasteiger partial charge in [0.2, 0.25) is 0 Å². The summed E-state index contributed by atoms with van der Waals surface area (Å²) >= 11 is 5.88. The van der Waals surface area contributed by atoms with E-state index in [9.17, 15) is 4.39 Å². The van der Waals surface area contributed by atoms with Crippen LogP contribution in [0.3, 0.4) is 0 Å². The maximum absolute atomic E-state index is 13.3. The standard InChI is InChI=1S/C15H22ClFN2/c1-2-18-10-12-3-5-19(6-4-12)11-13-7-14(16)9-15(17)8-13/h7-9,12,18H,2-6,10-11H2,1H3. The van der Waals surface area contributed by atoms with Crippen LogP contribution in [0, 0.1) is 11.7 Å². The van der Waals surface area contributed by atoms with Crippen LogP contribution in [-0.4, -0.2) is 31.1 Å². The summed E-state index contributed by atoms with van der Waals surface area (Å²) in [5.41, 5.74) is 0.968. The first-order chi connectivity index (χ1) is 9.17. The van der Waals surface area contributed by atoms with Crippen molar-refractivity contribution < 1.29 is 4.39 Å². The molecule has 0 unspecified atom stereocenters. The molecule has 1 fully saturated rings. The summed E-state index contributed by atoms with van der Waals surface area (Å²) < 4.78 is 13.3. The molecule has 1 heterocycles. The molecular formula is C15H22ClFN2. The Morgan fingerprint density at radius 3 is 2.68 bits per heavy atom. The Labute approximate surface area is 119 Å². The Kier molecular flexibility index (Phi) is 5.61. The highest BCUT2D eigenvalue weighted by Gasteiger charge is 2.18. The second-order valence-corrected chi connectivity index (χ2v) is 5.74. The molecule has 19 heavy (non-hydrogen) atoms. The Hall–Kier alpha value is -0.640. The Bertz CT molecular complexity index is 383. The van der Waals surface area contributed by atoms with E-state index in [0.29, 0.717) is 5.02 Å². The summed E-state index contributed by atoms with van der Waals surface area (Å²) in [5, 5.41) is 3.90. The van der Waals surface area contributed by atoms with Gasteiger partial charge in [0.25, 0.3) is 0 Å². The van der Waals surface area contributed by atoms with E-state index in [1.54, 1.807) is 6.07 Å². The molecule has 0 amide bonds. The number of benzene rings is 1. The molecule has 2 rings (SSSR count). The largest absolute Gasteiger partial charge is 0.317 e. The lowest BCUT2D eigenvalue weighted by molar-refractivity contribution is 0.175. The molecule has 1 saturated heterocycles. The molecule has 1 aromatic rings. The molecule has 1 aromatic carbocycles. The normalized spacial score (nSPS) is 17.8. The Morgan fingerprint density at radius 2 is 2.05 bits per heavy atom. The first kappa shape index (κ1) is 14.8. The van der Waals surface area contributed by atoms with Gasteiger partial charge in [-0.15, -0.1) is 0 Å². The molecule has 0 atom stereocenters. The van der Waals surface area contributed by atoms with Crippen molar-refractivity contribution in [3.8, 4) is 0 Å². The van der Waals surface area contributed by atoms with Crippen molar-refractivity contribution in [2.45, 2.75) is 26.3 Å². The van der Waals surface area contributed by atoms with Crippen LogP contribution in [0.5, 0.6) is 0 Å². The smallest absolute Gasteiger partial charge is 0.125 e. The minimum atomic E-state index is -0.246. The zero-order valence-corrected chi connectivity index (χ0v) is 12.2.